The summed E-state index contributed by atoms with van der Waals surface area (Å²) in [6.45, 7) is 7.59. The minimum atomic E-state index is -0.354. The zero-order chi connectivity index (χ0) is 17.0. The van der Waals surface area contributed by atoms with E-state index >= 15 is 0 Å². The molecule has 4 saturated heterocycles. The summed E-state index contributed by atoms with van der Waals surface area (Å²) in [5.74, 6) is 0. The number of epoxide rings is 4. The fourth-order valence-corrected chi connectivity index (χ4v) is 2.53. The smallest absolute Gasteiger partial charge is 0.104 e. The Hall–Kier alpha value is -0.320. The van der Waals surface area contributed by atoms with E-state index in [1.165, 1.54) is 0 Å². The lowest BCUT2D eigenvalue weighted by molar-refractivity contribution is -0.111. The molecule has 0 spiro atoms. The molecule has 4 atom stereocenters. The van der Waals surface area contributed by atoms with Crippen molar-refractivity contribution in [2.24, 2.45) is 5.41 Å². The highest BCUT2D eigenvalue weighted by atomic mass is 16.6. The Bertz CT molecular complexity index is 326. The van der Waals surface area contributed by atoms with Gasteiger partial charge in [0, 0.05) is 0 Å². The van der Waals surface area contributed by atoms with Crippen LogP contribution in [0.25, 0.3) is 0 Å². The quantitative estimate of drug-likeness (QED) is 0.345. The van der Waals surface area contributed by atoms with Crippen LogP contribution in [0, 0.1) is 5.41 Å². The monoisotopic (exact) mass is 360 g/mol. The Kier molecular flexibility index (Phi) is 6.20. The molecule has 0 aromatic rings. The lowest BCUT2D eigenvalue weighted by Crippen LogP contribution is -2.43. The first-order valence-electron chi connectivity index (χ1n) is 9.09. The topological polar surface area (TPSA) is 87.0 Å². The van der Waals surface area contributed by atoms with Crippen molar-refractivity contribution in [2.45, 2.75) is 24.4 Å². The molecule has 0 aliphatic carbocycles. The van der Waals surface area contributed by atoms with E-state index in [1.807, 2.05) is 0 Å². The Balaban J connectivity index is 1.27. The van der Waals surface area contributed by atoms with Crippen LogP contribution in [0.3, 0.4) is 0 Å². The van der Waals surface area contributed by atoms with Gasteiger partial charge in [-0.3, -0.25) is 0 Å². The highest BCUT2D eigenvalue weighted by Gasteiger charge is 2.36. The van der Waals surface area contributed by atoms with Crippen LogP contribution in [0.4, 0.5) is 0 Å². The first kappa shape index (κ1) is 18.1. The third kappa shape index (κ3) is 7.07. The third-order valence-corrected chi connectivity index (χ3v) is 4.46. The van der Waals surface area contributed by atoms with E-state index in [2.05, 4.69) is 0 Å². The molecule has 25 heavy (non-hydrogen) atoms. The Morgan fingerprint density at radius 1 is 0.520 bits per heavy atom. The maximum Gasteiger partial charge on any atom is 0.104 e. The summed E-state index contributed by atoms with van der Waals surface area (Å²) in [6, 6.07) is 0. The number of hydrogen-bond donors (Lipinski definition) is 0. The zero-order valence-electron chi connectivity index (χ0n) is 14.6. The SMILES string of the molecule is C(OCC(COC[C@@H]1CO1)(COC[C@@H]1CO1)COC[C@@H]1CO1)[C@@H]1CO1. The summed E-state index contributed by atoms with van der Waals surface area (Å²) < 4.78 is 44.4. The molecule has 4 aliphatic heterocycles. The van der Waals surface area contributed by atoms with Gasteiger partial charge in [0.1, 0.15) is 24.4 Å². The van der Waals surface area contributed by atoms with E-state index in [1.54, 1.807) is 0 Å². The molecular formula is C17H28O8. The van der Waals surface area contributed by atoms with Crippen molar-refractivity contribution < 1.29 is 37.9 Å². The second kappa shape index (κ2) is 8.58. The standard InChI is InChI=1S/C17H28O8/c1(13-5-22-13)18-9-17(10-19-2-14-6-23-14,11-20-3-15-7-24-15)12-21-4-16-8-25-16/h13-16H,1-12H2/t13-,14-,15-,16-/m1/s1. The molecule has 0 saturated carbocycles. The van der Waals surface area contributed by atoms with Gasteiger partial charge in [0.05, 0.1) is 84.7 Å². The van der Waals surface area contributed by atoms with Crippen molar-refractivity contribution in [2.75, 3.05) is 79.3 Å². The van der Waals surface area contributed by atoms with Gasteiger partial charge in [-0.1, -0.05) is 0 Å². The van der Waals surface area contributed by atoms with E-state index in [-0.39, 0.29) is 29.8 Å². The van der Waals surface area contributed by atoms with Crippen LogP contribution in [0.5, 0.6) is 0 Å². The van der Waals surface area contributed by atoms with Crippen LogP contribution in [0.2, 0.25) is 0 Å². The third-order valence-electron chi connectivity index (χ3n) is 4.46. The van der Waals surface area contributed by atoms with E-state index in [0.29, 0.717) is 52.9 Å². The predicted octanol–water partition coefficient (Wildman–Crippen LogP) is -0.366. The minimum absolute atomic E-state index is 0.236. The predicted molar refractivity (Wildman–Crippen MR) is 84.7 cm³/mol. The zero-order valence-corrected chi connectivity index (χ0v) is 14.6. The van der Waals surface area contributed by atoms with E-state index in [9.17, 15) is 0 Å². The summed E-state index contributed by atoms with van der Waals surface area (Å²) in [6.07, 6.45) is 0.945. The summed E-state index contributed by atoms with van der Waals surface area (Å²) in [5, 5.41) is 0. The maximum absolute atomic E-state index is 5.88. The van der Waals surface area contributed by atoms with Crippen LogP contribution in [-0.2, 0) is 37.9 Å². The van der Waals surface area contributed by atoms with Crippen molar-refractivity contribution in [1.82, 2.24) is 0 Å². The molecular weight excluding hydrogens is 332 g/mol. The molecule has 4 aliphatic rings. The van der Waals surface area contributed by atoms with Crippen molar-refractivity contribution >= 4 is 0 Å². The Labute approximate surface area is 147 Å². The molecule has 4 heterocycles. The van der Waals surface area contributed by atoms with Gasteiger partial charge in [0.15, 0.2) is 0 Å². The van der Waals surface area contributed by atoms with E-state index in [0.717, 1.165) is 26.4 Å². The molecule has 0 unspecified atom stereocenters. The van der Waals surface area contributed by atoms with E-state index in [4.69, 9.17) is 37.9 Å². The van der Waals surface area contributed by atoms with Crippen LogP contribution >= 0.6 is 0 Å². The highest BCUT2D eigenvalue weighted by molar-refractivity contribution is 4.82. The van der Waals surface area contributed by atoms with Crippen molar-refractivity contribution in [1.29, 1.82) is 0 Å². The number of rotatable bonds is 16. The van der Waals surface area contributed by atoms with Gasteiger partial charge in [-0.05, 0) is 0 Å². The molecule has 4 rings (SSSR count). The number of ether oxygens (including phenoxy) is 8. The molecule has 0 N–H and O–H groups in total. The van der Waals surface area contributed by atoms with Gasteiger partial charge >= 0.3 is 0 Å². The molecule has 0 radical (unpaired) electrons. The second-order valence-corrected chi connectivity index (χ2v) is 7.38. The minimum Gasteiger partial charge on any atom is -0.378 e. The molecule has 0 aromatic heterocycles. The Morgan fingerprint density at radius 3 is 0.960 bits per heavy atom. The lowest BCUT2D eigenvalue weighted by atomic mass is 9.92. The molecule has 8 nitrogen and oxygen atoms in total. The van der Waals surface area contributed by atoms with Gasteiger partial charge < -0.3 is 37.9 Å². The number of hydrogen-bond acceptors (Lipinski definition) is 8. The first-order valence-corrected chi connectivity index (χ1v) is 9.09. The summed E-state index contributed by atoms with van der Waals surface area (Å²) in [5.41, 5.74) is -0.354. The van der Waals surface area contributed by atoms with Gasteiger partial charge in [0.25, 0.3) is 0 Å². The molecule has 144 valence electrons. The van der Waals surface area contributed by atoms with Crippen LogP contribution in [0.15, 0.2) is 0 Å². The molecule has 4 fully saturated rings. The van der Waals surface area contributed by atoms with Gasteiger partial charge in [-0.2, -0.15) is 0 Å². The molecule has 0 aromatic carbocycles. The lowest BCUT2D eigenvalue weighted by Gasteiger charge is -2.32. The van der Waals surface area contributed by atoms with Crippen molar-refractivity contribution in [3.63, 3.8) is 0 Å². The van der Waals surface area contributed by atoms with E-state index < -0.39 is 0 Å². The average Bonchev–Trinajstić information content (AvgIpc) is 3.44. The largest absolute Gasteiger partial charge is 0.378 e. The molecule has 0 amide bonds. The highest BCUT2D eigenvalue weighted by Crippen LogP contribution is 2.24. The summed E-state index contributed by atoms with van der Waals surface area (Å²) in [7, 11) is 0. The Morgan fingerprint density at radius 2 is 0.760 bits per heavy atom. The van der Waals surface area contributed by atoms with Crippen molar-refractivity contribution in [3.8, 4) is 0 Å². The van der Waals surface area contributed by atoms with Crippen LogP contribution in [0.1, 0.15) is 0 Å². The van der Waals surface area contributed by atoms with Crippen LogP contribution < -0.4 is 0 Å². The fourth-order valence-electron chi connectivity index (χ4n) is 2.53. The normalized spacial score (nSPS) is 32.6. The van der Waals surface area contributed by atoms with Gasteiger partial charge in [-0.25, -0.2) is 0 Å². The van der Waals surface area contributed by atoms with Crippen LogP contribution in [-0.4, -0.2) is 104 Å². The first-order chi connectivity index (χ1) is 12.3. The molecule has 8 heteroatoms. The average molecular weight is 360 g/mol. The second-order valence-electron chi connectivity index (χ2n) is 7.38. The fraction of sp³-hybridized carbons (Fsp3) is 1.00. The molecule has 0 bridgehead atoms. The van der Waals surface area contributed by atoms with Gasteiger partial charge in [0.2, 0.25) is 0 Å². The summed E-state index contributed by atoms with van der Waals surface area (Å²) in [4.78, 5) is 0. The van der Waals surface area contributed by atoms with Gasteiger partial charge in [-0.15, -0.1) is 0 Å². The van der Waals surface area contributed by atoms with Crippen molar-refractivity contribution in [3.05, 3.63) is 0 Å². The maximum atomic E-state index is 5.88. The summed E-state index contributed by atoms with van der Waals surface area (Å²) >= 11 is 0.